The minimum atomic E-state index is 0.497. The summed E-state index contributed by atoms with van der Waals surface area (Å²) >= 11 is 1.46. The van der Waals surface area contributed by atoms with Gasteiger partial charge in [-0.1, -0.05) is 11.3 Å². The van der Waals surface area contributed by atoms with Crippen LogP contribution in [0, 0.1) is 18.3 Å². The van der Waals surface area contributed by atoms with Gasteiger partial charge >= 0.3 is 0 Å². The molecular formula is C11H7N5S. The van der Waals surface area contributed by atoms with Crippen molar-refractivity contribution in [2.75, 3.05) is 0 Å². The third kappa shape index (κ3) is 1.48. The lowest BCUT2D eigenvalue weighted by molar-refractivity contribution is 0.955. The lowest BCUT2D eigenvalue weighted by Gasteiger charge is -1.92. The van der Waals surface area contributed by atoms with Crippen molar-refractivity contribution in [1.82, 2.24) is 19.6 Å². The maximum Gasteiger partial charge on any atom is 0.213 e. The van der Waals surface area contributed by atoms with E-state index in [0.717, 1.165) is 15.5 Å². The molecule has 0 saturated heterocycles. The zero-order valence-electron chi connectivity index (χ0n) is 8.95. The zero-order chi connectivity index (χ0) is 11.8. The van der Waals surface area contributed by atoms with Crippen LogP contribution in [0.5, 0.6) is 0 Å². The number of hydrogen-bond acceptors (Lipinski definition) is 5. The van der Waals surface area contributed by atoms with E-state index in [1.165, 1.54) is 11.3 Å². The third-order valence-electron chi connectivity index (χ3n) is 2.41. The van der Waals surface area contributed by atoms with Gasteiger partial charge in [-0.25, -0.2) is 4.98 Å². The summed E-state index contributed by atoms with van der Waals surface area (Å²) in [7, 11) is 0. The van der Waals surface area contributed by atoms with Crippen molar-refractivity contribution in [1.29, 1.82) is 5.26 Å². The van der Waals surface area contributed by atoms with Gasteiger partial charge in [0, 0.05) is 18.0 Å². The highest BCUT2D eigenvalue weighted by molar-refractivity contribution is 7.19. The minimum Gasteiger partial charge on any atom is -0.265 e. The molecule has 0 amide bonds. The van der Waals surface area contributed by atoms with E-state index in [9.17, 15) is 0 Å². The van der Waals surface area contributed by atoms with E-state index in [4.69, 9.17) is 5.26 Å². The van der Waals surface area contributed by atoms with Crippen LogP contribution in [0.2, 0.25) is 0 Å². The molecule has 3 aromatic heterocycles. The van der Waals surface area contributed by atoms with Crippen molar-refractivity contribution in [3.05, 3.63) is 35.9 Å². The highest BCUT2D eigenvalue weighted by Crippen LogP contribution is 2.26. The van der Waals surface area contributed by atoms with E-state index in [1.54, 1.807) is 16.9 Å². The SMILES string of the molecule is Cc1nc2sc(-c3ccncc3)nn2c1C#N. The molecule has 0 bridgehead atoms. The molecule has 0 fully saturated rings. The Morgan fingerprint density at radius 2 is 2.12 bits per heavy atom. The van der Waals surface area contributed by atoms with Gasteiger partial charge < -0.3 is 0 Å². The van der Waals surface area contributed by atoms with Gasteiger partial charge in [-0.2, -0.15) is 14.9 Å². The van der Waals surface area contributed by atoms with Crippen LogP contribution >= 0.6 is 11.3 Å². The van der Waals surface area contributed by atoms with Crippen molar-refractivity contribution in [3.63, 3.8) is 0 Å². The normalized spacial score (nSPS) is 10.6. The topological polar surface area (TPSA) is 66.9 Å². The van der Waals surface area contributed by atoms with Crippen LogP contribution in [0.4, 0.5) is 0 Å². The first kappa shape index (κ1) is 9.93. The standard InChI is InChI=1S/C11H7N5S/c1-7-9(6-12)16-11(14-7)17-10(15-16)8-2-4-13-5-3-8/h2-5H,1H3. The molecule has 0 saturated carbocycles. The van der Waals surface area contributed by atoms with Crippen molar-refractivity contribution < 1.29 is 0 Å². The Morgan fingerprint density at radius 3 is 2.82 bits per heavy atom. The monoisotopic (exact) mass is 241 g/mol. The van der Waals surface area contributed by atoms with Crippen molar-refractivity contribution >= 4 is 16.3 Å². The number of aryl methyl sites for hydroxylation is 1. The first-order valence-corrected chi connectivity index (χ1v) is 5.78. The second kappa shape index (κ2) is 3.64. The van der Waals surface area contributed by atoms with Crippen molar-refractivity contribution in [3.8, 4) is 16.6 Å². The summed E-state index contributed by atoms with van der Waals surface area (Å²) in [6.45, 7) is 1.81. The molecule has 0 aliphatic heterocycles. The largest absolute Gasteiger partial charge is 0.265 e. The van der Waals surface area contributed by atoms with Gasteiger partial charge in [0.25, 0.3) is 0 Å². The van der Waals surface area contributed by atoms with Crippen LogP contribution in [0.15, 0.2) is 24.5 Å². The molecule has 0 aromatic carbocycles. The average Bonchev–Trinajstić information content (AvgIpc) is 2.86. The molecule has 17 heavy (non-hydrogen) atoms. The van der Waals surface area contributed by atoms with Crippen LogP contribution in [0.3, 0.4) is 0 Å². The van der Waals surface area contributed by atoms with Gasteiger partial charge in [0.15, 0.2) is 5.69 Å². The fourth-order valence-corrected chi connectivity index (χ4v) is 2.54. The minimum absolute atomic E-state index is 0.497. The van der Waals surface area contributed by atoms with Crippen LogP contribution in [0.1, 0.15) is 11.4 Å². The molecule has 82 valence electrons. The molecule has 0 aliphatic carbocycles. The smallest absolute Gasteiger partial charge is 0.213 e. The fraction of sp³-hybridized carbons (Fsp3) is 0.0909. The van der Waals surface area contributed by atoms with E-state index in [0.29, 0.717) is 11.4 Å². The summed E-state index contributed by atoms with van der Waals surface area (Å²) in [5.41, 5.74) is 2.20. The van der Waals surface area contributed by atoms with Gasteiger partial charge in [0.1, 0.15) is 11.1 Å². The molecule has 0 radical (unpaired) electrons. The molecule has 0 N–H and O–H groups in total. The number of rotatable bonds is 1. The maximum atomic E-state index is 9.03. The predicted octanol–water partition coefficient (Wildman–Crippen LogP) is 2.03. The molecule has 0 unspecified atom stereocenters. The summed E-state index contributed by atoms with van der Waals surface area (Å²) in [5, 5.41) is 14.3. The van der Waals surface area contributed by atoms with E-state index >= 15 is 0 Å². The Labute approximate surface area is 101 Å². The quantitative estimate of drug-likeness (QED) is 0.653. The van der Waals surface area contributed by atoms with Gasteiger partial charge in [-0.3, -0.25) is 4.98 Å². The summed E-state index contributed by atoms with van der Waals surface area (Å²) < 4.78 is 1.59. The third-order valence-corrected chi connectivity index (χ3v) is 3.37. The Bertz CT molecular complexity index is 719. The number of hydrogen-bond donors (Lipinski definition) is 0. The molecule has 3 heterocycles. The molecule has 3 rings (SSSR count). The Hall–Kier alpha value is -2.26. The Morgan fingerprint density at radius 1 is 1.35 bits per heavy atom. The van der Waals surface area contributed by atoms with Crippen LogP contribution in [-0.4, -0.2) is 19.6 Å². The van der Waals surface area contributed by atoms with Gasteiger partial charge in [-0.05, 0) is 19.1 Å². The number of nitrogens with zero attached hydrogens (tertiary/aromatic N) is 5. The first-order valence-electron chi connectivity index (χ1n) is 4.96. The molecule has 6 heteroatoms. The Balaban J connectivity index is 2.22. The van der Waals surface area contributed by atoms with Crippen molar-refractivity contribution in [2.45, 2.75) is 6.92 Å². The molecular weight excluding hydrogens is 234 g/mol. The van der Waals surface area contributed by atoms with Gasteiger partial charge in [0.05, 0.1) is 5.69 Å². The number of aromatic nitrogens is 4. The van der Waals surface area contributed by atoms with Crippen LogP contribution in [-0.2, 0) is 0 Å². The molecule has 3 aromatic rings. The van der Waals surface area contributed by atoms with Gasteiger partial charge in [-0.15, -0.1) is 0 Å². The maximum absolute atomic E-state index is 9.03. The lowest BCUT2D eigenvalue weighted by atomic mass is 10.3. The summed E-state index contributed by atoms with van der Waals surface area (Å²) in [4.78, 5) is 9.01. The predicted molar refractivity (Wildman–Crippen MR) is 63.5 cm³/mol. The summed E-state index contributed by atoms with van der Waals surface area (Å²) in [6, 6.07) is 5.89. The summed E-state index contributed by atoms with van der Waals surface area (Å²) in [6.07, 6.45) is 3.44. The second-order valence-corrected chi connectivity index (χ2v) is 4.45. The summed E-state index contributed by atoms with van der Waals surface area (Å²) in [5.74, 6) is 0. The Kier molecular flexibility index (Phi) is 2.13. The second-order valence-electron chi connectivity index (χ2n) is 3.50. The zero-order valence-corrected chi connectivity index (χ0v) is 9.77. The van der Waals surface area contributed by atoms with E-state index < -0.39 is 0 Å². The number of fused-ring (bicyclic) bond motifs is 1. The fourth-order valence-electron chi connectivity index (χ4n) is 1.59. The molecule has 0 atom stereocenters. The van der Waals surface area contributed by atoms with Crippen molar-refractivity contribution in [2.24, 2.45) is 0 Å². The van der Waals surface area contributed by atoms with Crippen LogP contribution < -0.4 is 0 Å². The number of imidazole rings is 1. The van der Waals surface area contributed by atoms with Gasteiger partial charge in [0.2, 0.25) is 4.96 Å². The first-order chi connectivity index (χ1) is 8.29. The highest BCUT2D eigenvalue weighted by atomic mass is 32.1. The van der Waals surface area contributed by atoms with E-state index in [2.05, 4.69) is 21.1 Å². The van der Waals surface area contributed by atoms with E-state index in [-0.39, 0.29) is 0 Å². The average molecular weight is 241 g/mol. The molecule has 0 spiro atoms. The van der Waals surface area contributed by atoms with Crippen LogP contribution in [0.25, 0.3) is 15.5 Å². The number of nitriles is 1. The highest BCUT2D eigenvalue weighted by Gasteiger charge is 2.13. The van der Waals surface area contributed by atoms with E-state index in [1.807, 2.05) is 19.1 Å². The molecule has 0 aliphatic rings. The number of pyridine rings is 1. The lowest BCUT2D eigenvalue weighted by Crippen LogP contribution is -1.90. The molecule has 5 nitrogen and oxygen atoms in total.